The van der Waals surface area contributed by atoms with Gasteiger partial charge in [-0.1, -0.05) is 30.3 Å². The monoisotopic (exact) mass is 470 g/mol. The summed E-state index contributed by atoms with van der Waals surface area (Å²) < 4.78 is 21.1. The van der Waals surface area contributed by atoms with Crippen molar-refractivity contribution in [3.05, 3.63) is 53.6 Å². The number of carbonyl (C=O) groups excluding carboxylic acids is 3. The van der Waals surface area contributed by atoms with Crippen LogP contribution in [0.2, 0.25) is 0 Å². The summed E-state index contributed by atoms with van der Waals surface area (Å²) in [4.78, 5) is 39.5. The number of hydrogen-bond donors (Lipinski definition) is 1. The Kier molecular flexibility index (Phi) is 8.73. The molecule has 3 rings (SSSR count). The van der Waals surface area contributed by atoms with Gasteiger partial charge in [-0.15, -0.1) is 0 Å². The van der Waals surface area contributed by atoms with E-state index in [2.05, 4.69) is 5.32 Å². The summed E-state index contributed by atoms with van der Waals surface area (Å²) in [5.74, 6) is -0.457. The van der Waals surface area contributed by atoms with Gasteiger partial charge in [0, 0.05) is 18.7 Å². The quantitative estimate of drug-likeness (QED) is 0.421. The molecule has 0 bridgehead atoms. The first-order valence-electron chi connectivity index (χ1n) is 11.1. The van der Waals surface area contributed by atoms with Gasteiger partial charge in [0.15, 0.2) is 11.5 Å². The van der Waals surface area contributed by atoms with E-state index in [1.165, 1.54) is 38.4 Å². The van der Waals surface area contributed by atoms with Crippen molar-refractivity contribution in [2.24, 2.45) is 0 Å². The molecule has 1 saturated heterocycles. The zero-order valence-corrected chi connectivity index (χ0v) is 19.7. The van der Waals surface area contributed by atoms with Crippen molar-refractivity contribution in [2.75, 3.05) is 41.0 Å². The second-order valence-electron chi connectivity index (χ2n) is 7.80. The van der Waals surface area contributed by atoms with Gasteiger partial charge in [-0.3, -0.25) is 9.59 Å². The second kappa shape index (κ2) is 11.9. The van der Waals surface area contributed by atoms with Gasteiger partial charge in [0.2, 0.25) is 5.75 Å². The highest BCUT2D eigenvalue weighted by Crippen LogP contribution is 2.38. The number of Topliss-reactive ketones (excluding diaryl/α,β-unsaturated/α-hetero) is 1. The predicted molar refractivity (Wildman–Crippen MR) is 125 cm³/mol. The molecule has 2 aromatic rings. The van der Waals surface area contributed by atoms with Crippen molar-refractivity contribution in [3.63, 3.8) is 0 Å². The Morgan fingerprint density at radius 2 is 1.68 bits per heavy atom. The van der Waals surface area contributed by atoms with Crippen LogP contribution in [0.1, 0.15) is 28.8 Å². The number of ether oxygens (including phenoxy) is 4. The van der Waals surface area contributed by atoms with Gasteiger partial charge in [0.05, 0.1) is 27.4 Å². The van der Waals surface area contributed by atoms with E-state index >= 15 is 0 Å². The largest absolute Gasteiger partial charge is 0.493 e. The van der Waals surface area contributed by atoms with Crippen LogP contribution in [0.15, 0.2) is 42.5 Å². The molecule has 1 atom stereocenters. The van der Waals surface area contributed by atoms with E-state index in [0.717, 1.165) is 12.0 Å². The number of nitrogens with one attached hydrogen (secondary N) is 1. The number of nitrogens with zero attached hydrogens (tertiary/aromatic N) is 1. The normalized spacial score (nSPS) is 14.9. The smallest absolute Gasteiger partial charge is 0.407 e. The first-order chi connectivity index (χ1) is 16.5. The number of amides is 2. The number of ketones is 1. The minimum atomic E-state index is -0.696. The van der Waals surface area contributed by atoms with Gasteiger partial charge in [-0.2, -0.15) is 0 Å². The molecule has 2 amide bonds. The molecule has 1 N–H and O–H groups in total. The summed E-state index contributed by atoms with van der Waals surface area (Å²) in [5, 5.41) is 2.71. The van der Waals surface area contributed by atoms with Crippen molar-refractivity contribution in [2.45, 2.75) is 25.3 Å². The molecule has 1 aliphatic heterocycles. The molecule has 0 saturated carbocycles. The molecule has 34 heavy (non-hydrogen) atoms. The van der Waals surface area contributed by atoms with Crippen LogP contribution in [0, 0.1) is 0 Å². The Morgan fingerprint density at radius 1 is 1.00 bits per heavy atom. The molecule has 0 aliphatic carbocycles. The van der Waals surface area contributed by atoms with Crippen LogP contribution in [0.4, 0.5) is 4.79 Å². The predicted octanol–water partition coefficient (Wildman–Crippen LogP) is 2.86. The van der Waals surface area contributed by atoms with Gasteiger partial charge in [0.1, 0.15) is 6.61 Å². The SMILES string of the molecule is COc1cc(C(=O)C(=O)N2CCCC2COC(=O)NCCc2ccccc2)cc(OC)c1OC. The third-order valence-electron chi connectivity index (χ3n) is 5.69. The van der Waals surface area contributed by atoms with Crippen molar-refractivity contribution < 1.29 is 33.3 Å². The molecule has 0 radical (unpaired) electrons. The minimum absolute atomic E-state index is 0.0193. The van der Waals surface area contributed by atoms with Gasteiger partial charge < -0.3 is 29.2 Å². The molecule has 2 aromatic carbocycles. The summed E-state index contributed by atoms with van der Waals surface area (Å²) in [7, 11) is 4.33. The van der Waals surface area contributed by atoms with Crippen LogP contribution in [0.25, 0.3) is 0 Å². The van der Waals surface area contributed by atoms with Crippen molar-refractivity contribution >= 4 is 17.8 Å². The molecule has 1 unspecified atom stereocenters. The summed E-state index contributed by atoms with van der Waals surface area (Å²) in [6.45, 7) is 0.875. The lowest BCUT2D eigenvalue weighted by Crippen LogP contribution is -2.43. The third kappa shape index (κ3) is 5.98. The molecule has 1 heterocycles. The number of benzene rings is 2. The zero-order chi connectivity index (χ0) is 24.5. The molecule has 1 aliphatic rings. The van der Waals surface area contributed by atoms with E-state index in [9.17, 15) is 14.4 Å². The fourth-order valence-electron chi connectivity index (χ4n) is 3.92. The Morgan fingerprint density at radius 3 is 2.29 bits per heavy atom. The number of carbonyl (C=O) groups is 3. The maximum absolute atomic E-state index is 13.0. The molecule has 0 spiro atoms. The standard InChI is InChI=1S/C25H30N2O7/c1-31-20-14-18(15-21(32-2)23(20)33-3)22(28)24(29)27-13-7-10-19(27)16-34-25(30)26-12-11-17-8-5-4-6-9-17/h4-6,8-9,14-15,19H,7,10-13,16H2,1-3H3,(H,26,30). The number of alkyl carbamates (subject to hydrolysis) is 1. The fraction of sp³-hybridized carbons (Fsp3) is 0.400. The molecule has 0 aromatic heterocycles. The van der Waals surface area contributed by atoms with Gasteiger partial charge >= 0.3 is 6.09 Å². The van der Waals surface area contributed by atoms with Crippen molar-refractivity contribution in [1.82, 2.24) is 10.2 Å². The average molecular weight is 471 g/mol. The Balaban J connectivity index is 1.57. The Hall–Kier alpha value is -3.75. The lowest BCUT2D eigenvalue weighted by atomic mass is 10.1. The van der Waals surface area contributed by atoms with Crippen molar-refractivity contribution in [3.8, 4) is 17.2 Å². The van der Waals surface area contributed by atoms with E-state index in [4.69, 9.17) is 18.9 Å². The fourth-order valence-corrected chi connectivity index (χ4v) is 3.92. The van der Waals surface area contributed by atoms with Crippen LogP contribution in [0.3, 0.4) is 0 Å². The third-order valence-corrected chi connectivity index (χ3v) is 5.69. The zero-order valence-electron chi connectivity index (χ0n) is 19.7. The van der Waals surface area contributed by atoms with Gasteiger partial charge in [0.25, 0.3) is 11.7 Å². The Labute approximate surface area is 198 Å². The highest BCUT2D eigenvalue weighted by Gasteiger charge is 2.34. The molecule has 9 nitrogen and oxygen atoms in total. The van der Waals surface area contributed by atoms with Crippen LogP contribution in [-0.2, 0) is 16.0 Å². The molecular weight excluding hydrogens is 440 g/mol. The summed E-state index contributed by atoms with van der Waals surface area (Å²) in [6.07, 6.45) is 1.50. The molecular formula is C25H30N2O7. The van der Waals surface area contributed by atoms with E-state index in [-0.39, 0.29) is 29.7 Å². The summed E-state index contributed by atoms with van der Waals surface area (Å²) in [6, 6.07) is 12.3. The summed E-state index contributed by atoms with van der Waals surface area (Å²) in [5.41, 5.74) is 1.24. The first kappa shape index (κ1) is 24.9. The molecule has 182 valence electrons. The van der Waals surface area contributed by atoms with Gasteiger partial charge in [-0.25, -0.2) is 4.79 Å². The van der Waals surface area contributed by atoms with Gasteiger partial charge in [-0.05, 0) is 37.0 Å². The van der Waals surface area contributed by atoms with Crippen LogP contribution in [0.5, 0.6) is 17.2 Å². The Bertz CT molecular complexity index is 985. The highest BCUT2D eigenvalue weighted by molar-refractivity contribution is 6.43. The van der Waals surface area contributed by atoms with Crippen LogP contribution >= 0.6 is 0 Å². The molecule has 9 heteroatoms. The summed E-state index contributed by atoms with van der Waals surface area (Å²) >= 11 is 0. The first-order valence-corrected chi connectivity index (χ1v) is 11.1. The lowest BCUT2D eigenvalue weighted by molar-refractivity contribution is -0.127. The van der Waals surface area contributed by atoms with Crippen molar-refractivity contribution in [1.29, 1.82) is 0 Å². The molecule has 1 fully saturated rings. The van der Waals surface area contributed by atoms with Crippen LogP contribution in [-0.4, -0.2) is 69.8 Å². The second-order valence-corrected chi connectivity index (χ2v) is 7.80. The highest BCUT2D eigenvalue weighted by atomic mass is 16.5. The number of hydrogen-bond acceptors (Lipinski definition) is 7. The topological polar surface area (TPSA) is 103 Å². The van der Waals surface area contributed by atoms with E-state index in [1.807, 2.05) is 30.3 Å². The lowest BCUT2D eigenvalue weighted by Gasteiger charge is -2.24. The average Bonchev–Trinajstić information content (AvgIpc) is 3.34. The maximum atomic E-state index is 13.0. The van der Waals surface area contributed by atoms with E-state index in [0.29, 0.717) is 31.7 Å². The number of methoxy groups -OCH3 is 3. The number of likely N-dealkylation sites (tertiary alicyclic amines) is 1. The van der Waals surface area contributed by atoms with E-state index in [1.54, 1.807) is 0 Å². The maximum Gasteiger partial charge on any atom is 0.407 e. The van der Waals surface area contributed by atoms with E-state index < -0.39 is 17.8 Å². The van der Waals surface area contributed by atoms with Crippen LogP contribution < -0.4 is 19.5 Å². The minimum Gasteiger partial charge on any atom is -0.493 e. The number of rotatable bonds is 10.